The van der Waals surface area contributed by atoms with E-state index in [9.17, 15) is 4.39 Å². The molecule has 0 aliphatic carbocycles. The van der Waals surface area contributed by atoms with Crippen molar-refractivity contribution < 1.29 is 4.39 Å². The Kier molecular flexibility index (Phi) is 4.17. The van der Waals surface area contributed by atoms with E-state index in [-0.39, 0.29) is 11.9 Å². The third kappa shape index (κ3) is 3.52. The molecule has 0 aliphatic heterocycles. The molecule has 0 amide bonds. The second kappa shape index (κ2) is 5.67. The van der Waals surface area contributed by atoms with Crippen LogP contribution in [0.2, 0.25) is 0 Å². The first kappa shape index (κ1) is 14.0. The number of hydrogen-bond acceptors (Lipinski definition) is 4. The van der Waals surface area contributed by atoms with Gasteiger partial charge in [0.1, 0.15) is 5.82 Å². The molecule has 1 atom stereocenters. The molecule has 3 nitrogen and oxygen atoms in total. The van der Waals surface area contributed by atoms with Crippen molar-refractivity contribution >= 4 is 11.8 Å². The van der Waals surface area contributed by atoms with Crippen molar-refractivity contribution in [2.75, 3.05) is 0 Å². The predicted molar refractivity (Wildman–Crippen MR) is 74.6 cm³/mol. The van der Waals surface area contributed by atoms with Crippen molar-refractivity contribution in [3.05, 3.63) is 47.0 Å². The number of rotatable bonds is 3. The fraction of sp³-hybridized carbons (Fsp3) is 0.286. The fourth-order valence-electron chi connectivity index (χ4n) is 1.72. The fourth-order valence-corrected chi connectivity index (χ4v) is 2.59. The molecule has 0 bridgehead atoms. The van der Waals surface area contributed by atoms with Crippen molar-refractivity contribution in [3.8, 4) is 0 Å². The number of hydrogen-bond donors (Lipinski definition) is 1. The van der Waals surface area contributed by atoms with Gasteiger partial charge in [0.15, 0.2) is 5.16 Å². The van der Waals surface area contributed by atoms with Crippen molar-refractivity contribution in [1.29, 1.82) is 0 Å². The van der Waals surface area contributed by atoms with Crippen LogP contribution in [-0.2, 0) is 0 Å². The average molecular weight is 277 g/mol. The minimum Gasteiger partial charge on any atom is -0.324 e. The summed E-state index contributed by atoms with van der Waals surface area (Å²) in [5.74, 6) is -0.289. The van der Waals surface area contributed by atoms with Gasteiger partial charge in [-0.15, -0.1) is 0 Å². The second-order valence-corrected chi connectivity index (χ2v) is 5.52. The molecule has 19 heavy (non-hydrogen) atoms. The van der Waals surface area contributed by atoms with E-state index in [0.717, 1.165) is 17.0 Å². The average Bonchev–Trinajstić information content (AvgIpc) is 2.30. The number of aromatic nitrogens is 2. The lowest BCUT2D eigenvalue weighted by molar-refractivity contribution is 0.596. The number of halogens is 1. The summed E-state index contributed by atoms with van der Waals surface area (Å²) in [6, 6.07) is 6.74. The van der Waals surface area contributed by atoms with E-state index in [2.05, 4.69) is 9.97 Å². The van der Waals surface area contributed by atoms with Gasteiger partial charge in [0.05, 0.1) is 4.90 Å². The molecule has 2 aromatic rings. The third-order valence-corrected chi connectivity index (χ3v) is 3.56. The van der Waals surface area contributed by atoms with Crippen LogP contribution in [0.1, 0.15) is 29.9 Å². The molecule has 1 aromatic carbocycles. The predicted octanol–water partition coefficient (Wildman–Crippen LogP) is 3.40. The summed E-state index contributed by atoms with van der Waals surface area (Å²) in [6.07, 6.45) is 0. The minimum atomic E-state index is -0.289. The standard InChI is InChI=1S/C14H16FN3S/c1-8-6-9(2)18-14(17-8)19-13-5-4-11(10(3)16)7-12(13)15/h4-7,10H,16H2,1-3H3/t10-/m0/s1. The molecule has 5 heteroatoms. The topological polar surface area (TPSA) is 51.8 Å². The van der Waals surface area contributed by atoms with E-state index < -0.39 is 0 Å². The van der Waals surface area contributed by atoms with Gasteiger partial charge in [-0.2, -0.15) is 0 Å². The molecule has 0 aliphatic rings. The van der Waals surface area contributed by atoms with E-state index in [1.165, 1.54) is 17.8 Å². The Labute approximate surface area is 116 Å². The minimum absolute atomic E-state index is 0.175. The van der Waals surface area contributed by atoms with Gasteiger partial charge in [-0.3, -0.25) is 0 Å². The molecule has 0 radical (unpaired) electrons. The zero-order valence-corrected chi connectivity index (χ0v) is 12.0. The Balaban J connectivity index is 2.28. The van der Waals surface area contributed by atoms with E-state index in [1.807, 2.05) is 32.9 Å². The van der Waals surface area contributed by atoms with Crippen molar-refractivity contribution in [1.82, 2.24) is 9.97 Å². The first-order valence-electron chi connectivity index (χ1n) is 6.01. The molecule has 100 valence electrons. The molecule has 2 rings (SSSR count). The first-order valence-corrected chi connectivity index (χ1v) is 6.82. The zero-order chi connectivity index (χ0) is 14.0. The number of benzene rings is 1. The van der Waals surface area contributed by atoms with Gasteiger partial charge in [0, 0.05) is 17.4 Å². The summed E-state index contributed by atoms with van der Waals surface area (Å²) in [5, 5.41) is 0.560. The Bertz CT molecular complexity index is 579. The van der Waals surface area contributed by atoms with Crippen LogP contribution in [0.4, 0.5) is 4.39 Å². The van der Waals surface area contributed by atoms with Crippen LogP contribution >= 0.6 is 11.8 Å². The third-order valence-electron chi connectivity index (χ3n) is 2.64. The summed E-state index contributed by atoms with van der Waals surface area (Å²) in [6.45, 7) is 5.62. The van der Waals surface area contributed by atoms with Gasteiger partial charge in [0.2, 0.25) is 0 Å². The maximum absolute atomic E-state index is 14.0. The normalized spacial score (nSPS) is 12.5. The second-order valence-electron chi connectivity index (χ2n) is 4.51. The lowest BCUT2D eigenvalue weighted by atomic mass is 10.1. The van der Waals surface area contributed by atoms with Gasteiger partial charge in [-0.1, -0.05) is 6.07 Å². The van der Waals surface area contributed by atoms with E-state index in [0.29, 0.717) is 10.1 Å². The summed E-state index contributed by atoms with van der Waals surface area (Å²) in [5.41, 5.74) is 8.26. The lowest BCUT2D eigenvalue weighted by Gasteiger charge is -2.08. The Morgan fingerprint density at radius 1 is 1.16 bits per heavy atom. The molecular formula is C14H16FN3S. The van der Waals surface area contributed by atoms with Crippen LogP contribution in [0.25, 0.3) is 0 Å². The zero-order valence-electron chi connectivity index (χ0n) is 11.1. The highest BCUT2D eigenvalue weighted by molar-refractivity contribution is 7.99. The largest absolute Gasteiger partial charge is 0.324 e. The first-order chi connectivity index (χ1) is 8.95. The molecule has 0 spiro atoms. The number of nitrogens with two attached hydrogens (primary N) is 1. The van der Waals surface area contributed by atoms with Crippen molar-refractivity contribution in [2.45, 2.75) is 36.9 Å². The van der Waals surface area contributed by atoms with E-state index >= 15 is 0 Å². The monoisotopic (exact) mass is 277 g/mol. The van der Waals surface area contributed by atoms with Gasteiger partial charge in [-0.05, 0) is 56.3 Å². The summed E-state index contributed by atoms with van der Waals surface area (Å²) < 4.78 is 14.0. The highest BCUT2D eigenvalue weighted by Gasteiger charge is 2.10. The van der Waals surface area contributed by atoms with Gasteiger partial charge >= 0.3 is 0 Å². The van der Waals surface area contributed by atoms with Crippen LogP contribution < -0.4 is 5.73 Å². The maximum Gasteiger partial charge on any atom is 0.192 e. The number of nitrogens with zero attached hydrogens (tertiary/aromatic N) is 2. The Morgan fingerprint density at radius 2 is 1.79 bits per heavy atom. The smallest absolute Gasteiger partial charge is 0.192 e. The van der Waals surface area contributed by atoms with Crippen LogP contribution in [0.5, 0.6) is 0 Å². The molecule has 0 fully saturated rings. The van der Waals surface area contributed by atoms with Gasteiger partial charge in [-0.25, -0.2) is 14.4 Å². The van der Waals surface area contributed by atoms with Gasteiger partial charge < -0.3 is 5.73 Å². The Morgan fingerprint density at radius 3 is 2.32 bits per heavy atom. The van der Waals surface area contributed by atoms with Crippen LogP contribution in [-0.4, -0.2) is 9.97 Å². The molecule has 0 unspecified atom stereocenters. The number of aryl methyl sites for hydroxylation is 2. The quantitative estimate of drug-likeness (QED) is 0.874. The SMILES string of the molecule is Cc1cc(C)nc(Sc2ccc([C@H](C)N)cc2F)n1. The maximum atomic E-state index is 14.0. The Hall–Kier alpha value is -1.46. The van der Waals surface area contributed by atoms with Crippen molar-refractivity contribution in [2.24, 2.45) is 5.73 Å². The van der Waals surface area contributed by atoms with E-state index in [4.69, 9.17) is 5.73 Å². The highest BCUT2D eigenvalue weighted by Crippen LogP contribution is 2.29. The molecule has 0 saturated heterocycles. The van der Waals surface area contributed by atoms with Crippen LogP contribution in [0.15, 0.2) is 34.3 Å². The summed E-state index contributed by atoms with van der Waals surface area (Å²) >= 11 is 1.22. The lowest BCUT2D eigenvalue weighted by Crippen LogP contribution is -2.05. The summed E-state index contributed by atoms with van der Waals surface area (Å²) in [4.78, 5) is 9.09. The molecule has 0 saturated carbocycles. The molecule has 1 aromatic heterocycles. The highest BCUT2D eigenvalue weighted by atomic mass is 32.2. The van der Waals surface area contributed by atoms with Crippen LogP contribution in [0, 0.1) is 19.7 Å². The van der Waals surface area contributed by atoms with E-state index in [1.54, 1.807) is 6.07 Å². The van der Waals surface area contributed by atoms with Crippen molar-refractivity contribution in [3.63, 3.8) is 0 Å². The molecular weight excluding hydrogens is 261 g/mol. The molecule has 1 heterocycles. The summed E-state index contributed by atoms with van der Waals surface area (Å²) in [7, 11) is 0. The van der Waals surface area contributed by atoms with Crippen LogP contribution in [0.3, 0.4) is 0 Å². The van der Waals surface area contributed by atoms with Gasteiger partial charge in [0.25, 0.3) is 0 Å². The molecule has 2 N–H and O–H groups in total.